The molecule has 3 rings (SSSR count). The van der Waals surface area contributed by atoms with Crippen molar-refractivity contribution in [3.8, 4) is 5.75 Å². The summed E-state index contributed by atoms with van der Waals surface area (Å²) >= 11 is 0. The molecule has 31 heavy (non-hydrogen) atoms. The van der Waals surface area contributed by atoms with Crippen LogP contribution in [0.2, 0.25) is 0 Å². The summed E-state index contributed by atoms with van der Waals surface area (Å²) in [7, 11) is 0. The molecule has 1 heterocycles. The first-order valence-corrected chi connectivity index (χ1v) is 9.68. The lowest BCUT2D eigenvalue weighted by molar-refractivity contribution is -0.151. The summed E-state index contributed by atoms with van der Waals surface area (Å²) in [5.74, 6) is -1.83. The Kier molecular flexibility index (Phi) is 6.86. The number of nitrogens with one attached hydrogen (secondary N) is 3. The molecular formula is C22H23N3O6. The molecule has 0 spiro atoms. The van der Waals surface area contributed by atoms with Gasteiger partial charge in [-0.15, -0.1) is 0 Å². The van der Waals surface area contributed by atoms with Crippen LogP contribution in [0.4, 0.5) is 11.4 Å². The molecule has 162 valence electrons. The molecule has 9 nitrogen and oxygen atoms in total. The molecule has 0 saturated carbocycles. The van der Waals surface area contributed by atoms with Gasteiger partial charge in [0.05, 0.1) is 18.7 Å². The van der Waals surface area contributed by atoms with E-state index in [1.807, 2.05) is 26.0 Å². The van der Waals surface area contributed by atoms with Crippen molar-refractivity contribution < 1.29 is 28.7 Å². The highest BCUT2D eigenvalue weighted by Gasteiger charge is 2.30. The number of carbonyl (C=O) groups is 4. The fourth-order valence-electron chi connectivity index (χ4n) is 2.89. The summed E-state index contributed by atoms with van der Waals surface area (Å²) in [6.07, 6.45) is -1.39. The maximum atomic E-state index is 12.0. The van der Waals surface area contributed by atoms with Crippen LogP contribution in [0.15, 0.2) is 42.5 Å². The molecule has 2 aromatic carbocycles. The lowest BCUT2D eigenvalue weighted by atomic mass is 10.1. The van der Waals surface area contributed by atoms with Crippen LogP contribution in [0.3, 0.4) is 0 Å². The number of para-hydroxylation sites is 2. The normalized spacial score (nSPS) is 14.5. The van der Waals surface area contributed by atoms with Crippen molar-refractivity contribution in [3.63, 3.8) is 0 Å². The lowest BCUT2D eigenvalue weighted by Gasteiger charge is -2.25. The van der Waals surface area contributed by atoms with Crippen LogP contribution in [-0.2, 0) is 23.9 Å². The minimum atomic E-state index is -1.05. The van der Waals surface area contributed by atoms with Crippen molar-refractivity contribution in [2.24, 2.45) is 0 Å². The molecule has 0 radical (unpaired) electrons. The first-order chi connectivity index (χ1) is 14.8. The van der Waals surface area contributed by atoms with E-state index in [0.29, 0.717) is 17.1 Å². The molecule has 0 fully saturated rings. The van der Waals surface area contributed by atoms with Gasteiger partial charge in [-0.05, 0) is 43.2 Å². The van der Waals surface area contributed by atoms with E-state index in [1.54, 1.807) is 30.3 Å². The number of amides is 3. The van der Waals surface area contributed by atoms with Crippen molar-refractivity contribution >= 4 is 35.1 Å². The van der Waals surface area contributed by atoms with E-state index >= 15 is 0 Å². The van der Waals surface area contributed by atoms with Crippen LogP contribution in [0, 0.1) is 13.8 Å². The van der Waals surface area contributed by atoms with E-state index in [4.69, 9.17) is 9.47 Å². The minimum Gasteiger partial charge on any atom is -0.478 e. The van der Waals surface area contributed by atoms with Crippen LogP contribution in [-0.4, -0.2) is 42.9 Å². The number of fused-ring (bicyclic) bond motifs is 1. The second-order valence-corrected chi connectivity index (χ2v) is 7.03. The molecule has 1 atom stereocenters. The summed E-state index contributed by atoms with van der Waals surface area (Å²) in [5, 5.41) is 7.74. The third-order valence-corrected chi connectivity index (χ3v) is 4.75. The van der Waals surface area contributed by atoms with Gasteiger partial charge in [-0.25, -0.2) is 0 Å². The second-order valence-electron chi connectivity index (χ2n) is 7.03. The highest BCUT2D eigenvalue weighted by Crippen LogP contribution is 2.29. The Labute approximate surface area is 179 Å². The van der Waals surface area contributed by atoms with E-state index in [1.165, 1.54) is 0 Å². The first kappa shape index (κ1) is 21.8. The molecule has 1 aliphatic heterocycles. The SMILES string of the molecule is Cc1cccc(NC(=O)CNC(=O)COC(=O)CC2Oc3ccccc3NC2=O)c1C. The Bertz CT molecular complexity index is 1020. The maximum absolute atomic E-state index is 12.0. The summed E-state index contributed by atoms with van der Waals surface area (Å²) in [4.78, 5) is 47.9. The number of ether oxygens (including phenoxy) is 2. The highest BCUT2D eigenvalue weighted by molar-refractivity contribution is 5.99. The van der Waals surface area contributed by atoms with Crippen LogP contribution in [0.25, 0.3) is 0 Å². The van der Waals surface area contributed by atoms with Crippen molar-refractivity contribution in [1.82, 2.24) is 5.32 Å². The van der Waals surface area contributed by atoms with Crippen molar-refractivity contribution in [3.05, 3.63) is 53.6 Å². The number of anilines is 2. The van der Waals surface area contributed by atoms with Crippen LogP contribution in [0.1, 0.15) is 17.5 Å². The fourth-order valence-corrected chi connectivity index (χ4v) is 2.89. The zero-order chi connectivity index (χ0) is 22.4. The van der Waals surface area contributed by atoms with Crippen LogP contribution < -0.4 is 20.7 Å². The maximum Gasteiger partial charge on any atom is 0.310 e. The predicted molar refractivity (Wildman–Crippen MR) is 113 cm³/mol. The topological polar surface area (TPSA) is 123 Å². The largest absolute Gasteiger partial charge is 0.478 e. The van der Waals surface area contributed by atoms with Gasteiger partial charge in [0.1, 0.15) is 5.75 Å². The Morgan fingerprint density at radius 3 is 2.65 bits per heavy atom. The molecule has 1 aliphatic rings. The molecule has 3 amide bonds. The molecule has 3 N–H and O–H groups in total. The fraction of sp³-hybridized carbons (Fsp3) is 0.273. The monoisotopic (exact) mass is 425 g/mol. The van der Waals surface area contributed by atoms with E-state index < -0.39 is 36.4 Å². The van der Waals surface area contributed by atoms with E-state index in [0.717, 1.165) is 11.1 Å². The lowest BCUT2D eigenvalue weighted by Crippen LogP contribution is -2.39. The Hall–Kier alpha value is -3.88. The van der Waals surface area contributed by atoms with E-state index in [2.05, 4.69) is 16.0 Å². The molecule has 0 saturated heterocycles. The number of aryl methyl sites for hydroxylation is 1. The molecule has 0 bridgehead atoms. The number of carbonyl (C=O) groups excluding carboxylic acids is 4. The quantitative estimate of drug-likeness (QED) is 0.580. The molecule has 0 aromatic heterocycles. The Morgan fingerprint density at radius 1 is 1.06 bits per heavy atom. The van der Waals surface area contributed by atoms with Crippen molar-refractivity contribution in [2.75, 3.05) is 23.8 Å². The zero-order valence-electron chi connectivity index (χ0n) is 17.2. The van der Waals surface area contributed by atoms with Gasteiger partial charge in [-0.2, -0.15) is 0 Å². The average Bonchev–Trinajstić information content (AvgIpc) is 2.74. The predicted octanol–water partition coefficient (Wildman–Crippen LogP) is 1.69. The zero-order valence-corrected chi connectivity index (χ0v) is 17.2. The smallest absolute Gasteiger partial charge is 0.310 e. The molecule has 9 heteroatoms. The molecule has 0 aliphatic carbocycles. The number of rotatable bonds is 7. The number of hydrogen-bond acceptors (Lipinski definition) is 6. The molecular weight excluding hydrogens is 402 g/mol. The van der Waals surface area contributed by atoms with Gasteiger partial charge in [0, 0.05) is 5.69 Å². The summed E-state index contributed by atoms with van der Waals surface area (Å²) in [6, 6.07) is 12.4. The molecule has 1 unspecified atom stereocenters. The van der Waals surface area contributed by atoms with Gasteiger partial charge in [0.25, 0.3) is 11.8 Å². The van der Waals surface area contributed by atoms with Gasteiger partial charge in [-0.3, -0.25) is 19.2 Å². The number of benzene rings is 2. The Balaban J connectivity index is 1.39. The average molecular weight is 425 g/mol. The summed E-state index contributed by atoms with van der Waals surface area (Å²) in [5.41, 5.74) is 3.16. The van der Waals surface area contributed by atoms with Gasteiger partial charge < -0.3 is 25.4 Å². The highest BCUT2D eigenvalue weighted by atomic mass is 16.5. The summed E-state index contributed by atoms with van der Waals surface area (Å²) < 4.78 is 10.4. The van der Waals surface area contributed by atoms with Crippen molar-refractivity contribution in [2.45, 2.75) is 26.4 Å². The molecule has 2 aromatic rings. The third-order valence-electron chi connectivity index (χ3n) is 4.75. The number of esters is 1. The van der Waals surface area contributed by atoms with Gasteiger partial charge in [0.2, 0.25) is 5.91 Å². The minimum absolute atomic E-state index is 0.269. The van der Waals surface area contributed by atoms with E-state index in [9.17, 15) is 19.2 Å². The second kappa shape index (κ2) is 9.75. The third kappa shape index (κ3) is 5.81. The van der Waals surface area contributed by atoms with Crippen molar-refractivity contribution in [1.29, 1.82) is 0 Å². The van der Waals surface area contributed by atoms with Crippen LogP contribution in [0.5, 0.6) is 5.75 Å². The standard InChI is InChI=1S/C22H23N3O6/c1-13-6-5-8-15(14(13)2)24-19(26)11-23-20(27)12-30-21(28)10-18-22(29)25-16-7-3-4-9-17(16)31-18/h3-9,18H,10-12H2,1-2H3,(H,23,27)(H,24,26)(H,25,29). The first-order valence-electron chi connectivity index (χ1n) is 9.68. The van der Waals surface area contributed by atoms with E-state index in [-0.39, 0.29) is 13.0 Å². The van der Waals surface area contributed by atoms with Gasteiger partial charge in [-0.1, -0.05) is 24.3 Å². The number of hydrogen-bond donors (Lipinski definition) is 3. The summed E-state index contributed by atoms with van der Waals surface area (Å²) in [6.45, 7) is 2.98. The van der Waals surface area contributed by atoms with Crippen LogP contribution >= 0.6 is 0 Å². The Morgan fingerprint density at radius 2 is 1.84 bits per heavy atom. The van der Waals surface area contributed by atoms with Gasteiger partial charge >= 0.3 is 5.97 Å². The van der Waals surface area contributed by atoms with Gasteiger partial charge in [0.15, 0.2) is 12.7 Å².